The summed E-state index contributed by atoms with van der Waals surface area (Å²) in [4.78, 5) is 11.8. The molecule has 0 saturated heterocycles. The van der Waals surface area contributed by atoms with Gasteiger partial charge in [-0.2, -0.15) is 0 Å². The van der Waals surface area contributed by atoms with Crippen molar-refractivity contribution in [1.29, 1.82) is 0 Å². The van der Waals surface area contributed by atoms with Crippen LogP contribution in [0.3, 0.4) is 0 Å². The zero-order chi connectivity index (χ0) is 11.9. The van der Waals surface area contributed by atoms with E-state index < -0.39 is 0 Å². The molecule has 1 atom stereocenters. The lowest BCUT2D eigenvalue weighted by Crippen LogP contribution is -2.34. The van der Waals surface area contributed by atoms with Crippen LogP contribution in [-0.4, -0.2) is 26.3 Å². The Morgan fingerprint density at radius 1 is 1.33 bits per heavy atom. The molecule has 0 aliphatic rings. The van der Waals surface area contributed by atoms with Gasteiger partial charge in [-0.3, -0.25) is 4.79 Å². The van der Waals surface area contributed by atoms with Crippen molar-refractivity contribution >= 4 is 5.97 Å². The third kappa shape index (κ3) is 5.78. The first-order valence-corrected chi connectivity index (χ1v) is 5.59. The van der Waals surface area contributed by atoms with Gasteiger partial charge in [0.2, 0.25) is 0 Å². The molecule has 0 spiro atoms. The van der Waals surface area contributed by atoms with E-state index in [1.54, 1.807) is 7.11 Å². The van der Waals surface area contributed by atoms with Gasteiger partial charge in [0.1, 0.15) is 0 Å². The molecule has 0 aromatic carbocycles. The minimum absolute atomic E-state index is 0.112. The molecule has 0 aromatic rings. The quantitative estimate of drug-likeness (QED) is 0.506. The molecule has 0 aromatic heterocycles. The molecule has 1 unspecified atom stereocenters. The second-order valence-corrected chi connectivity index (χ2v) is 4.90. The van der Waals surface area contributed by atoms with Crippen LogP contribution >= 0.6 is 0 Å². The standard InChI is InChI=1S/C12H24O3/c1-6-7-8-15-11(13)10(9-14-5)12(2,3)4/h10H,6-9H2,1-5H3. The fourth-order valence-electron chi connectivity index (χ4n) is 1.26. The third-order valence-electron chi connectivity index (χ3n) is 2.41. The summed E-state index contributed by atoms with van der Waals surface area (Å²) in [6, 6.07) is 0. The summed E-state index contributed by atoms with van der Waals surface area (Å²) in [6.45, 7) is 9.09. The summed E-state index contributed by atoms with van der Waals surface area (Å²) in [5.74, 6) is -0.322. The number of unbranched alkanes of at least 4 members (excludes halogenated alkanes) is 1. The molecule has 0 fully saturated rings. The van der Waals surface area contributed by atoms with Gasteiger partial charge in [0.25, 0.3) is 0 Å². The molecule has 0 rings (SSSR count). The van der Waals surface area contributed by atoms with Gasteiger partial charge in [0, 0.05) is 7.11 Å². The third-order valence-corrected chi connectivity index (χ3v) is 2.41. The van der Waals surface area contributed by atoms with Crippen molar-refractivity contribution in [2.24, 2.45) is 11.3 Å². The summed E-state index contributed by atoms with van der Waals surface area (Å²) < 4.78 is 10.3. The molecular weight excluding hydrogens is 192 g/mol. The average molecular weight is 216 g/mol. The minimum atomic E-state index is -0.181. The van der Waals surface area contributed by atoms with E-state index in [-0.39, 0.29) is 17.3 Å². The van der Waals surface area contributed by atoms with Crippen molar-refractivity contribution in [3.8, 4) is 0 Å². The van der Waals surface area contributed by atoms with Gasteiger partial charge in [-0.15, -0.1) is 0 Å². The maximum absolute atomic E-state index is 11.8. The second kappa shape index (κ2) is 6.83. The summed E-state index contributed by atoms with van der Waals surface area (Å²) >= 11 is 0. The Morgan fingerprint density at radius 3 is 2.33 bits per heavy atom. The number of carbonyl (C=O) groups excluding carboxylic acids is 1. The Balaban J connectivity index is 4.18. The van der Waals surface area contributed by atoms with Crippen LogP contribution in [0.2, 0.25) is 0 Å². The van der Waals surface area contributed by atoms with Crippen molar-refractivity contribution in [3.63, 3.8) is 0 Å². The monoisotopic (exact) mass is 216 g/mol. The van der Waals surface area contributed by atoms with Crippen molar-refractivity contribution in [1.82, 2.24) is 0 Å². The number of rotatable bonds is 6. The lowest BCUT2D eigenvalue weighted by molar-refractivity contribution is -0.155. The highest BCUT2D eigenvalue weighted by Gasteiger charge is 2.32. The Bertz CT molecular complexity index is 182. The molecule has 0 bridgehead atoms. The van der Waals surface area contributed by atoms with Crippen LogP contribution in [0.5, 0.6) is 0 Å². The molecule has 0 heterocycles. The zero-order valence-electron chi connectivity index (χ0n) is 10.6. The molecule has 0 aliphatic carbocycles. The van der Waals surface area contributed by atoms with Gasteiger partial charge in [-0.25, -0.2) is 0 Å². The molecule has 0 saturated carbocycles. The van der Waals surface area contributed by atoms with Crippen molar-refractivity contribution in [2.45, 2.75) is 40.5 Å². The van der Waals surface area contributed by atoms with Crippen molar-refractivity contribution < 1.29 is 14.3 Å². The van der Waals surface area contributed by atoms with Crippen LogP contribution in [0.15, 0.2) is 0 Å². The first-order chi connectivity index (χ1) is 6.93. The van der Waals surface area contributed by atoms with E-state index in [9.17, 15) is 4.79 Å². The van der Waals surface area contributed by atoms with E-state index in [0.717, 1.165) is 12.8 Å². The SMILES string of the molecule is CCCCOC(=O)C(COC)C(C)(C)C. The normalized spacial score (nSPS) is 13.7. The van der Waals surface area contributed by atoms with Crippen LogP contribution in [0.1, 0.15) is 40.5 Å². The fraction of sp³-hybridized carbons (Fsp3) is 0.917. The predicted molar refractivity (Wildman–Crippen MR) is 60.7 cm³/mol. The highest BCUT2D eigenvalue weighted by molar-refractivity contribution is 5.73. The molecule has 0 aliphatic heterocycles. The summed E-state index contributed by atoms with van der Waals surface area (Å²) in [7, 11) is 1.61. The summed E-state index contributed by atoms with van der Waals surface area (Å²) in [6.07, 6.45) is 1.97. The number of esters is 1. The number of hydrogen-bond donors (Lipinski definition) is 0. The molecule has 0 amide bonds. The average Bonchev–Trinajstić information content (AvgIpc) is 2.12. The number of hydrogen-bond acceptors (Lipinski definition) is 3. The number of ether oxygens (including phenoxy) is 2. The minimum Gasteiger partial charge on any atom is -0.465 e. The highest BCUT2D eigenvalue weighted by atomic mass is 16.5. The molecule has 90 valence electrons. The molecule has 3 heteroatoms. The van der Waals surface area contributed by atoms with Crippen molar-refractivity contribution in [3.05, 3.63) is 0 Å². The Labute approximate surface area is 93.1 Å². The first-order valence-electron chi connectivity index (χ1n) is 5.59. The topological polar surface area (TPSA) is 35.5 Å². The van der Waals surface area contributed by atoms with E-state index in [2.05, 4.69) is 6.92 Å². The highest BCUT2D eigenvalue weighted by Crippen LogP contribution is 2.27. The van der Waals surface area contributed by atoms with Gasteiger partial charge >= 0.3 is 5.97 Å². The Kier molecular flexibility index (Phi) is 6.57. The predicted octanol–water partition coefficient (Wildman–Crippen LogP) is 2.64. The maximum Gasteiger partial charge on any atom is 0.311 e. The van der Waals surface area contributed by atoms with Gasteiger partial charge < -0.3 is 9.47 Å². The van der Waals surface area contributed by atoms with Crippen LogP contribution in [0.25, 0.3) is 0 Å². The molecule has 0 radical (unpaired) electrons. The van der Waals surface area contributed by atoms with E-state index in [4.69, 9.17) is 9.47 Å². The number of carbonyl (C=O) groups is 1. The van der Waals surface area contributed by atoms with Crippen LogP contribution in [0.4, 0.5) is 0 Å². The van der Waals surface area contributed by atoms with Gasteiger partial charge in [-0.1, -0.05) is 34.1 Å². The Hall–Kier alpha value is -0.570. The van der Waals surface area contributed by atoms with E-state index in [0.29, 0.717) is 13.2 Å². The smallest absolute Gasteiger partial charge is 0.311 e. The van der Waals surface area contributed by atoms with E-state index in [1.165, 1.54) is 0 Å². The van der Waals surface area contributed by atoms with E-state index >= 15 is 0 Å². The second-order valence-electron chi connectivity index (χ2n) is 4.90. The summed E-state index contributed by atoms with van der Waals surface area (Å²) in [5.41, 5.74) is -0.112. The van der Waals surface area contributed by atoms with Crippen LogP contribution in [-0.2, 0) is 14.3 Å². The van der Waals surface area contributed by atoms with Crippen LogP contribution < -0.4 is 0 Å². The fourth-order valence-corrected chi connectivity index (χ4v) is 1.26. The first kappa shape index (κ1) is 14.4. The lowest BCUT2D eigenvalue weighted by Gasteiger charge is -2.28. The Morgan fingerprint density at radius 2 is 1.93 bits per heavy atom. The summed E-state index contributed by atoms with van der Waals surface area (Å²) in [5, 5.41) is 0. The lowest BCUT2D eigenvalue weighted by atomic mass is 9.81. The van der Waals surface area contributed by atoms with Crippen molar-refractivity contribution in [2.75, 3.05) is 20.3 Å². The zero-order valence-corrected chi connectivity index (χ0v) is 10.6. The number of methoxy groups -OCH3 is 1. The van der Waals surface area contributed by atoms with Gasteiger partial charge in [-0.05, 0) is 11.8 Å². The van der Waals surface area contributed by atoms with E-state index in [1.807, 2.05) is 20.8 Å². The molecule has 0 N–H and O–H groups in total. The van der Waals surface area contributed by atoms with Gasteiger partial charge in [0.05, 0.1) is 19.1 Å². The molecule has 15 heavy (non-hydrogen) atoms. The van der Waals surface area contributed by atoms with Gasteiger partial charge in [0.15, 0.2) is 0 Å². The molecule has 3 nitrogen and oxygen atoms in total. The van der Waals surface area contributed by atoms with Crippen LogP contribution in [0, 0.1) is 11.3 Å². The maximum atomic E-state index is 11.8. The molecular formula is C12H24O3. The largest absolute Gasteiger partial charge is 0.465 e.